The van der Waals surface area contributed by atoms with Crippen molar-refractivity contribution in [2.45, 2.75) is 38.8 Å². The minimum Gasteiger partial charge on any atom is -0.384 e. The van der Waals surface area contributed by atoms with Gasteiger partial charge in [0.15, 0.2) is 0 Å². The van der Waals surface area contributed by atoms with Crippen molar-refractivity contribution in [2.75, 3.05) is 33.4 Å². The molecule has 0 aromatic heterocycles. The van der Waals surface area contributed by atoms with Crippen LogP contribution in [0.4, 0.5) is 0 Å². The zero-order valence-corrected chi connectivity index (χ0v) is 13.7. The Balaban J connectivity index is 1.99. The molecule has 1 aromatic rings. The number of nitrogens with one attached hydrogen (secondary N) is 1. The van der Waals surface area contributed by atoms with Crippen molar-refractivity contribution in [2.24, 2.45) is 5.92 Å². The van der Waals surface area contributed by atoms with Crippen LogP contribution < -0.4 is 5.32 Å². The van der Waals surface area contributed by atoms with Crippen molar-refractivity contribution in [3.63, 3.8) is 0 Å². The molecule has 1 atom stereocenters. The summed E-state index contributed by atoms with van der Waals surface area (Å²) < 4.78 is 5.31. The summed E-state index contributed by atoms with van der Waals surface area (Å²) in [6, 6.07) is 11.9. The third kappa shape index (κ3) is 5.10. The number of ether oxygens (including phenoxy) is 1. The molecular formula is C18H30N2O. The summed E-state index contributed by atoms with van der Waals surface area (Å²) in [4.78, 5) is 2.64. The third-order valence-corrected chi connectivity index (χ3v) is 4.40. The van der Waals surface area contributed by atoms with E-state index in [1.807, 2.05) is 7.11 Å². The van der Waals surface area contributed by atoms with E-state index in [-0.39, 0.29) is 0 Å². The molecule has 3 nitrogen and oxygen atoms in total. The molecule has 1 aliphatic heterocycles. The van der Waals surface area contributed by atoms with Gasteiger partial charge in [-0.15, -0.1) is 0 Å². The highest BCUT2D eigenvalue weighted by molar-refractivity contribution is 5.19. The minimum absolute atomic E-state index is 0.483. The third-order valence-electron chi connectivity index (χ3n) is 4.40. The summed E-state index contributed by atoms with van der Waals surface area (Å²) in [6.45, 7) is 8.71. The van der Waals surface area contributed by atoms with Crippen LogP contribution >= 0.6 is 0 Å². The number of benzene rings is 1. The molecule has 21 heavy (non-hydrogen) atoms. The predicted octanol–water partition coefficient (Wildman–Crippen LogP) is 3.08. The summed E-state index contributed by atoms with van der Waals surface area (Å²) in [7, 11) is 1.81. The van der Waals surface area contributed by atoms with Crippen LogP contribution in [-0.2, 0) is 4.74 Å². The molecule has 1 N–H and O–H groups in total. The van der Waals surface area contributed by atoms with Gasteiger partial charge < -0.3 is 10.1 Å². The monoisotopic (exact) mass is 290 g/mol. The van der Waals surface area contributed by atoms with Gasteiger partial charge in [-0.25, -0.2) is 0 Å². The van der Waals surface area contributed by atoms with E-state index in [1.54, 1.807) is 0 Å². The fourth-order valence-electron chi connectivity index (χ4n) is 3.15. The number of hydrogen-bond acceptors (Lipinski definition) is 3. The fourth-order valence-corrected chi connectivity index (χ4v) is 3.15. The van der Waals surface area contributed by atoms with E-state index in [2.05, 4.69) is 54.4 Å². The topological polar surface area (TPSA) is 24.5 Å². The van der Waals surface area contributed by atoms with Crippen molar-refractivity contribution in [3.8, 4) is 0 Å². The summed E-state index contributed by atoms with van der Waals surface area (Å²) in [5.74, 6) is 0.737. The molecule has 1 unspecified atom stereocenters. The maximum Gasteiger partial charge on any atom is 0.0491 e. The lowest BCUT2D eigenvalue weighted by Gasteiger charge is -2.38. The van der Waals surface area contributed by atoms with Gasteiger partial charge in [0.2, 0.25) is 0 Å². The number of likely N-dealkylation sites (tertiary alicyclic amines) is 1. The highest BCUT2D eigenvalue weighted by Gasteiger charge is 2.26. The molecule has 1 saturated heterocycles. The SMILES string of the molecule is COCC1CCN(C(CNC(C)C)c2ccccc2)CC1. The van der Waals surface area contributed by atoms with E-state index in [0.717, 1.165) is 19.1 Å². The van der Waals surface area contributed by atoms with Gasteiger partial charge in [-0.1, -0.05) is 44.2 Å². The van der Waals surface area contributed by atoms with Crippen LogP contribution in [-0.4, -0.2) is 44.3 Å². The molecule has 0 bridgehead atoms. The summed E-state index contributed by atoms with van der Waals surface area (Å²) in [6.07, 6.45) is 2.50. The van der Waals surface area contributed by atoms with E-state index < -0.39 is 0 Å². The van der Waals surface area contributed by atoms with Crippen LogP contribution in [0, 0.1) is 5.92 Å². The smallest absolute Gasteiger partial charge is 0.0491 e. The second-order valence-corrected chi connectivity index (χ2v) is 6.42. The quantitative estimate of drug-likeness (QED) is 0.835. The van der Waals surface area contributed by atoms with Gasteiger partial charge in [0, 0.05) is 32.3 Å². The Kier molecular flexibility index (Phi) is 6.68. The first-order valence-corrected chi connectivity index (χ1v) is 8.22. The van der Waals surface area contributed by atoms with Crippen molar-refractivity contribution in [1.82, 2.24) is 10.2 Å². The highest BCUT2D eigenvalue weighted by atomic mass is 16.5. The van der Waals surface area contributed by atoms with Crippen LogP contribution in [0.1, 0.15) is 38.3 Å². The zero-order valence-electron chi connectivity index (χ0n) is 13.7. The van der Waals surface area contributed by atoms with Crippen LogP contribution in [0.15, 0.2) is 30.3 Å². The molecule has 118 valence electrons. The van der Waals surface area contributed by atoms with Crippen molar-refractivity contribution in [1.29, 1.82) is 0 Å². The van der Waals surface area contributed by atoms with E-state index in [1.165, 1.54) is 31.5 Å². The van der Waals surface area contributed by atoms with Gasteiger partial charge in [-0.3, -0.25) is 4.90 Å². The van der Waals surface area contributed by atoms with Crippen molar-refractivity contribution in [3.05, 3.63) is 35.9 Å². The second-order valence-electron chi connectivity index (χ2n) is 6.42. The fraction of sp³-hybridized carbons (Fsp3) is 0.667. The Morgan fingerprint density at radius 2 is 1.86 bits per heavy atom. The van der Waals surface area contributed by atoms with E-state index in [9.17, 15) is 0 Å². The Labute approximate surface area is 129 Å². The summed E-state index contributed by atoms with van der Waals surface area (Å²) >= 11 is 0. The Morgan fingerprint density at radius 1 is 1.19 bits per heavy atom. The number of methoxy groups -OCH3 is 1. The average Bonchev–Trinajstić information content (AvgIpc) is 2.50. The summed E-state index contributed by atoms with van der Waals surface area (Å²) in [5, 5.41) is 3.61. The molecule has 1 aliphatic rings. The van der Waals surface area contributed by atoms with Crippen LogP contribution in [0.2, 0.25) is 0 Å². The summed E-state index contributed by atoms with van der Waals surface area (Å²) in [5.41, 5.74) is 1.43. The second kappa shape index (κ2) is 8.52. The Morgan fingerprint density at radius 3 is 2.43 bits per heavy atom. The molecule has 1 fully saturated rings. The van der Waals surface area contributed by atoms with E-state index in [4.69, 9.17) is 4.74 Å². The van der Waals surface area contributed by atoms with Crippen molar-refractivity contribution < 1.29 is 4.74 Å². The Bertz CT molecular complexity index is 385. The number of rotatable bonds is 7. The molecule has 0 saturated carbocycles. The van der Waals surface area contributed by atoms with Gasteiger partial charge in [-0.05, 0) is 37.4 Å². The van der Waals surface area contributed by atoms with Gasteiger partial charge in [0.05, 0.1) is 0 Å². The molecule has 1 aromatic carbocycles. The maximum absolute atomic E-state index is 5.31. The first kappa shape index (κ1) is 16.5. The highest BCUT2D eigenvalue weighted by Crippen LogP contribution is 2.26. The van der Waals surface area contributed by atoms with E-state index >= 15 is 0 Å². The predicted molar refractivity (Wildman–Crippen MR) is 88.5 cm³/mol. The first-order chi connectivity index (χ1) is 10.2. The number of hydrogen-bond donors (Lipinski definition) is 1. The lowest BCUT2D eigenvalue weighted by Crippen LogP contribution is -2.42. The molecular weight excluding hydrogens is 260 g/mol. The van der Waals surface area contributed by atoms with Gasteiger partial charge in [-0.2, -0.15) is 0 Å². The lowest BCUT2D eigenvalue weighted by atomic mass is 9.94. The number of nitrogens with zero attached hydrogens (tertiary/aromatic N) is 1. The molecule has 3 heteroatoms. The first-order valence-electron chi connectivity index (χ1n) is 8.22. The molecule has 0 amide bonds. The normalized spacial score (nSPS) is 19.0. The lowest BCUT2D eigenvalue weighted by molar-refractivity contribution is 0.0784. The van der Waals surface area contributed by atoms with Crippen molar-refractivity contribution >= 4 is 0 Å². The molecule has 0 spiro atoms. The van der Waals surface area contributed by atoms with E-state index in [0.29, 0.717) is 12.1 Å². The maximum atomic E-state index is 5.31. The standard InChI is InChI=1S/C18H30N2O/c1-15(2)19-13-18(17-7-5-4-6-8-17)20-11-9-16(10-12-20)14-21-3/h4-8,15-16,18-19H,9-14H2,1-3H3. The molecule has 1 heterocycles. The van der Waals surface area contributed by atoms with Crippen LogP contribution in [0.3, 0.4) is 0 Å². The van der Waals surface area contributed by atoms with Gasteiger partial charge in [0.25, 0.3) is 0 Å². The molecule has 2 rings (SSSR count). The van der Waals surface area contributed by atoms with Crippen LogP contribution in [0.25, 0.3) is 0 Å². The molecule has 0 aliphatic carbocycles. The van der Waals surface area contributed by atoms with Gasteiger partial charge in [0.1, 0.15) is 0 Å². The number of piperidine rings is 1. The average molecular weight is 290 g/mol. The zero-order chi connectivity index (χ0) is 15.1. The van der Waals surface area contributed by atoms with Gasteiger partial charge >= 0.3 is 0 Å². The van der Waals surface area contributed by atoms with Crippen LogP contribution in [0.5, 0.6) is 0 Å². The molecule has 0 radical (unpaired) electrons. The largest absolute Gasteiger partial charge is 0.384 e. The Hall–Kier alpha value is -0.900. The minimum atomic E-state index is 0.483.